The van der Waals surface area contributed by atoms with E-state index in [0.29, 0.717) is 10.9 Å². The van der Waals surface area contributed by atoms with Gasteiger partial charge in [-0.1, -0.05) is 23.7 Å². The minimum Gasteiger partial charge on any atom is -0.330 e. The molecule has 1 aliphatic rings. The molecule has 0 saturated carbocycles. The van der Waals surface area contributed by atoms with Crippen LogP contribution >= 0.6 is 11.6 Å². The van der Waals surface area contributed by atoms with Gasteiger partial charge < -0.3 is 5.73 Å². The van der Waals surface area contributed by atoms with E-state index < -0.39 is 0 Å². The van der Waals surface area contributed by atoms with Crippen molar-refractivity contribution in [3.05, 3.63) is 46.2 Å². The van der Waals surface area contributed by atoms with Crippen LogP contribution in [0.4, 0.5) is 0 Å². The Kier molecular flexibility index (Phi) is 3.72. The van der Waals surface area contributed by atoms with Crippen LogP contribution in [-0.2, 0) is 12.8 Å². The summed E-state index contributed by atoms with van der Waals surface area (Å²) in [5.74, 6) is 1.30. The van der Waals surface area contributed by atoms with E-state index in [4.69, 9.17) is 22.3 Å². The molecule has 0 radical (unpaired) electrons. The van der Waals surface area contributed by atoms with E-state index in [-0.39, 0.29) is 0 Å². The van der Waals surface area contributed by atoms with Gasteiger partial charge in [0.15, 0.2) is 5.82 Å². The SMILES string of the molecule is Cc1nc(-c2ccccc2Cl)nc2c1CC(CN)CC2. The van der Waals surface area contributed by atoms with Crippen LogP contribution in [0.25, 0.3) is 11.4 Å². The molecule has 1 aliphatic carbocycles. The number of aryl methyl sites for hydroxylation is 2. The molecular weight excluding hydrogens is 270 g/mol. The van der Waals surface area contributed by atoms with E-state index in [1.807, 2.05) is 24.3 Å². The van der Waals surface area contributed by atoms with Crippen LogP contribution in [0, 0.1) is 12.8 Å². The number of nitrogens with two attached hydrogens (primary N) is 1. The molecule has 3 nitrogen and oxygen atoms in total. The fourth-order valence-electron chi connectivity index (χ4n) is 2.82. The number of nitrogens with zero attached hydrogens (tertiary/aromatic N) is 2. The van der Waals surface area contributed by atoms with Crippen LogP contribution in [0.5, 0.6) is 0 Å². The van der Waals surface area contributed by atoms with Crippen molar-refractivity contribution in [2.45, 2.75) is 26.2 Å². The third-order valence-electron chi connectivity index (χ3n) is 4.03. The van der Waals surface area contributed by atoms with Gasteiger partial charge in [0, 0.05) is 17.0 Å². The summed E-state index contributed by atoms with van der Waals surface area (Å²) < 4.78 is 0. The van der Waals surface area contributed by atoms with Crippen LogP contribution in [0.1, 0.15) is 23.4 Å². The van der Waals surface area contributed by atoms with Crippen LogP contribution in [0.2, 0.25) is 5.02 Å². The molecule has 0 bridgehead atoms. The summed E-state index contributed by atoms with van der Waals surface area (Å²) in [5.41, 5.74) is 10.2. The lowest BCUT2D eigenvalue weighted by Gasteiger charge is -2.24. The fourth-order valence-corrected chi connectivity index (χ4v) is 3.04. The van der Waals surface area contributed by atoms with Crippen molar-refractivity contribution in [1.29, 1.82) is 0 Å². The Balaban J connectivity index is 2.05. The zero-order valence-corrected chi connectivity index (χ0v) is 12.3. The molecule has 1 atom stereocenters. The van der Waals surface area contributed by atoms with Gasteiger partial charge in [-0.15, -0.1) is 0 Å². The molecule has 0 saturated heterocycles. The predicted molar refractivity (Wildman–Crippen MR) is 81.8 cm³/mol. The highest BCUT2D eigenvalue weighted by molar-refractivity contribution is 6.33. The first-order chi connectivity index (χ1) is 9.69. The van der Waals surface area contributed by atoms with Gasteiger partial charge in [0.2, 0.25) is 0 Å². The predicted octanol–water partition coefficient (Wildman–Crippen LogP) is 3.17. The van der Waals surface area contributed by atoms with E-state index in [0.717, 1.165) is 48.6 Å². The molecule has 4 heteroatoms. The van der Waals surface area contributed by atoms with Crippen molar-refractivity contribution in [2.75, 3.05) is 6.54 Å². The van der Waals surface area contributed by atoms with E-state index in [1.165, 1.54) is 5.56 Å². The number of rotatable bonds is 2. The Morgan fingerprint density at radius 1 is 1.30 bits per heavy atom. The van der Waals surface area contributed by atoms with Gasteiger partial charge in [-0.3, -0.25) is 0 Å². The van der Waals surface area contributed by atoms with Gasteiger partial charge in [0.1, 0.15) is 0 Å². The van der Waals surface area contributed by atoms with Gasteiger partial charge >= 0.3 is 0 Å². The maximum atomic E-state index is 6.24. The number of fused-ring (bicyclic) bond motifs is 1. The van der Waals surface area contributed by atoms with Gasteiger partial charge in [-0.25, -0.2) is 9.97 Å². The number of aromatic nitrogens is 2. The highest BCUT2D eigenvalue weighted by Crippen LogP contribution is 2.30. The summed E-state index contributed by atoms with van der Waals surface area (Å²) in [7, 11) is 0. The van der Waals surface area contributed by atoms with Crippen molar-refractivity contribution in [1.82, 2.24) is 9.97 Å². The van der Waals surface area contributed by atoms with Crippen molar-refractivity contribution in [3.63, 3.8) is 0 Å². The maximum Gasteiger partial charge on any atom is 0.161 e. The van der Waals surface area contributed by atoms with Crippen LogP contribution in [0.15, 0.2) is 24.3 Å². The molecule has 2 N–H and O–H groups in total. The minimum absolute atomic E-state index is 0.566. The first kappa shape index (κ1) is 13.5. The minimum atomic E-state index is 0.566. The summed E-state index contributed by atoms with van der Waals surface area (Å²) >= 11 is 6.24. The molecule has 20 heavy (non-hydrogen) atoms. The molecule has 104 valence electrons. The van der Waals surface area contributed by atoms with Crippen LogP contribution in [-0.4, -0.2) is 16.5 Å². The number of halogens is 1. The summed E-state index contributed by atoms with van der Waals surface area (Å²) in [5, 5.41) is 0.697. The van der Waals surface area contributed by atoms with Crippen molar-refractivity contribution < 1.29 is 0 Å². The Hall–Kier alpha value is -1.45. The molecule has 0 aliphatic heterocycles. The van der Waals surface area contributed by atoms with E-state index in [1.54, 1.807) is 0 Å². The average molecular weight is 288 g/mol. The Bertz CT molecular complexity index is 640. The monoisotopic (exact) mass is 287 g/mol. The second kappa shape index (κ2) is 5.51. The van der Waals surface area contributed by atoms with Gasteiger partial charge in [-0.2, -0.15) is 0 Å². The Labute approximate surface area is 124 Å². The molecule has 1 aromatic carbocycles. The van der Waals surface area contributed by atoms with E-state index in [9.17, 15) is 0 Å². The standard InChI is InChI=1S/C16H18ClN3/c1-10-13-8-11(9-18)6-7-15(13)20-16(19-10)12-4-2-3-5-14(12)17/h2-5,11H,6-9,18H2,1H3. The third kappa shape index (κ3) is 2.43. The molecule has 0 fully saturated rings. The first-order valence-electron chi connectivity index (χ1n) is 7.00. The van der Waals surface area contributed by atoms with Crippen molar-refractivity contribution in [3.8, 4) is 11.4 Å². The molecule has 0 amide bonds. The van der Waals surface area contributed by atoms with Gasteiger partial charge in [0.25, 0.3) is 0 Å². The van der Waals surface area contributed by atoms with E-state index in [2.05, 4.69) is 11.9 Å². The lowest BCUT2D eigenvalue weighted by atomic mass is 9.86. The lowest BCUT2D eigenvalue weighted by molar-refractivity contribution is 0.460. The fraction of sp³-hybridized carbons (Fsp3) is 0.375. The lowest BCUT2D eigenvalue weighted by Crippen LogP contribution is -2.24. The zero-order chi connectivity index (χ0) is 14.1. The largest absolute Gasteiger partial charge is 0.330 e. The maximum absolute atomic E-state index is 6.24. The molecule has 1 unspecified atom stereocenters. The van der Waals surface area contributed by atoms with Crippen molar-refractivity contribution >= 4 is 11.6 Å². The number of benzene rings is 1. The quantitative estimate of drug-likeness (QED) is 0.923. The van der Waals surface area contributed by atoms with Gasteiger partial charge in [-0.05, 0) is 56.3 Å². The topological polar surface area (TPSA) is 51.8 Å². The van der Waals surface area contributed by atoms with Crippen LogP contribution < -0.4 is 5.73 Å². The second-order valence-electron chi connectivity index (χ2n) is 5.38. The second-order valence-corrected chi connectivity index (χ2v) is 5.79. The van der Waals surface area contributed by atoms with Gasteiger partial charge in [0.05, 0.1) is 5.02 Å². The smallest absolute Gasteiger partial charge is 0.161 e. The summed E-state index contributed by atoms with van der Waals surface area (Å²) in [4.78, 5) is 9.39. The molecule has 2 aromatic rings. The van der Waals surface area contributed by atoms with E-state index >= 15 is 0 Å². The average Bonchev–Trinajstić information content (AvgIpc) is 2.47. The van der Waals surface area contributed by atoms with Crippen LogP contribution in [0.3, 0.4) is 0 Å². The first-order valence-corrected chi connectivity index (χ1v) is 7.38. The third-order valence-corrected chi connectivity index (χ3v) is 4.36. The van der Waals surface area contributed by atoms with Crippen molar-refractivity contribution in [2.24, 2.45) is 11.7 Å². The normalized spacial score (nSPS) is 17.9. The number of hydrogen-bond acceptors (Lipinski definition) is 3. The summed E-state index contributed by atoms with van der Waals surface area (Å²) in [6.07, 6.45) is 3.10. The Morgan fingerprint density at radius 2 is 2.10 bits per heavy atom. The molecule has 1 heterocycles. The molecular formula is C16H18ClN3. The Morgan fingerprint density at radius 3 is 2.85 bits per heavy atom. The molecule has 0 spiro atoms. The highest BCUT2D eigenvalue weighted by Gasteiger charge is 2.22. The molecule has 1 aromatic heterocycles. The summed E-state index contributed by atoms with van der Waals surface area (Å²) in [6.45, 7) is 2.80. The summed E-state index contributed by atoms with van der Waals surface area (Å²) in [6, 6.07) is 7.72. The highest BCUT2D eigenvalue weighted by atomic mass is 35.5. The number of hydrogen-bond donors (Lipinski definition) is 1. The zero-order valence-electron chi connectivity index (χ0n) is 11.6. The molecule has 3 rings (SSSR count).